The molecule has 0 bridgehead atoms. The molecule has 0 radical (unpaired) electrons. The van der Waals surface area contributed by atoms with Crippen LogP contribution in [0.25, 0.3) is 0 Å². The number of amides is 1. The van der Waals surface area contributed by atoms with Crippen LogP contribution in [-0.2, 0) is 16.8 Å². The summed E-state index contributed by atoms with van der Waals surface area (Å²) >= 11 is 1.56. The lowest BCUT2D eigenvalue weighted by Gasteiger charge is -2.21. The van der Waals surface area contributed by atoms with Crippen LogP contribution in [0.5, 0.6) is 5.75 Å². The van der Waals surface area contributed by atoms with Gasteiger partial charge in [-0.05, 0) is 66.4 Å². The number of ether oxygens (including phenoxy) is 1. The van der Waals surface area contributed by atoms with Crippen LogP contribution in [0.3, 0.4) is 0 Å². The number of thiophene rings is 1. The van der Waals surface area contributed by atoms with Crippen LogP contribution in [0.15, 0.2) is 40.0 Å². The van der Waals surface area contributed by atoms with Crippen molar-refractivity contribution >= 4 is 52.9 Å². The zero-order valence-corrected chi connectivity index (χ0v) is 20.4. The topological polar surface area (TPSA) is 95.0 Å². The van der Waals surface area contributed by atoms with Gasteiger partial charge in [-0.25, -0.2) is 4.99 Å². The number of aliphatic hydroxyl groups is 1. The lowest BCUT2D eigenvalue weighted by atomic mass is 10.00. The highest BCUT2D eigenvalue weighted by atomic mass is 127. The number of guanidine groups is 1. The highest BCUT2D eigenvalue weighted by Gasteiger charge is 2.23. The standard InChI is InChI=1S/C21H28N4O3S.HI/c1-3-22-20(24-14-21(2,27)16-8-11-29-13-16)23-9-10-28-17-5-6-18-15(12-17)4-7-19(26)25-18;/h5-6,8,11-13,27H,3-4,7,9-10,14H2,1-2H3,(H,25,26)(H2,22,23,24);1H. The van der Waals surface area contributed by atoms with Gasteiger partial charge in [-0.15, -0.1) is 24.0 Å². The van der Waals surface area contributed by atoms with E-state index in [1.807, 2.05) is 41.9 Å². The quantitative estimate of drug-likeness (QED) is 0.177. The third-order valence-electron chi connectivity index (χ3n) is 4.67. The second-order valence-corrected chi connectivity index (χ2v) is 7.90. The van der Waals surface area contributed by atoms with Crippen LogP contribution in [0.1, 0.15) is 31.4 Å². The van der Waals surface area contributed by atoms with E-state index in [0.717, 1.165) is 35.5 Å². The molecule has 1 amide bonds. The summed E-state index contributed by atoms with van der Waals surface area (Å²) in [4.78, 5) is 15.9. The fourth-order valence-electron chi connectivity index (χ4n) is 3.02. The Hall–Kier alpha value is -1.85. The third-order valence-corrected chi connectivity index (χ3v) is 5.35. The van der Waals surface area contributed by atoms with Crippen LogP contribution in [-0.4, -0.2) is 43.2 Å². The van der Waals surface area contributed by atoms with E-state index in [2.05, 4.69) is 20.9 Å². The van der Waals surface area contributed by atoms with Crippen molar-refractivity contribution in [3.05, 3.63) is 46.2 Å². The van der Waals surface area contributed by atoms with Crippen molar-refractivity contribution in [1.29, 1.82) is 0 Å². The molecular weight excluding hydrogens is 515 g/mol. The number of hydrogen-bond donors (Lipinski definition) is 4. The second-order valence-electron chi connectivity index (χ2n) is 7.12. The maximum absolute atomic E-state index is 11.4. The van der Waals surface area contributed by atoms with E-state index in [9.17, 15) is 9.90 Å². The summed E-state index contributed by atoms with van der Waals surface area (Å²) in [5, 5.41) is 23.8. The molecule has 9 heteroatoms. The number of aliphatic imine (C=N–C) groups is 1. The normalized spacial score (nSPS) is 15.3. The molecular formula is C21H29IN4O3S. The summed E-state index contributed by atoms with van der Waals surface area (Å²) in [5.41, 5.74) is 1.83. The summed E-state index contributed by atoms with van der Waals surface area (Å²) in [7, 11) is 0. The number of benzene rings is 1. The molecule has 1 aromatic heterocycles. The monoisotopic (exact) mass is 544 g/mol. The van der Waals surface area contributed by atoms with E-state index in [0.29, 0.717) is 25.5 Å². The Kier molecular flexibility index (Phi) is 9.37. The summed E-state index contributed by atoms with van der Waals surface area (Å²) in [5.74, 6) is 1.48. The zero-order valence-electron chi connectivity index (χ0n) is 17.2. The molecule has 164 valence electrons. The van der Waals surface area contributed by atoms with E-state index >= 15 is 0 Å². The average Bonchev–Trinajstić information content (AvgIpc) is 3.25. The fraction of sp³-hybridized carbons (Fsp3) is 0.429. The van der Waals surface area contributed by atoms with Crippen molar-refractivity contribution in [2.24, 2.45) is 4.99 Å². The smallest absolute Gasteiger partial charge is 0.224 e. The number of hydrogen-bond acceptors (Lipinski definition) is 5. The van der Waals surface area contributed by atoms with Gasteiger partial charge < -0.3 is 25.8 Å². The van der Waals surface area contributed by atoms with Gasteiger partial charge in [0.2, 0.25) is 5.91 Å². The Labute approximate surface area is 198 Å². The van der Waals surface area contributed by atoms with Crippen molar-refractivity contribution in [3.8, 4) is 5.75 Å². The maximum atomic E-state index is 11.4. The van der Waals surface area contributed by atoms with Gasteiger partial charge in [-0.3, -0.25) is 4.79 Å². The van der Waals surface area contributed by atoms with Crippen molar-refractivity contribution in [3.63, 3.8) is 0 Å². The second kappa shape index (κ2) is 11.5. The summed E-state index contributed by atoms with van der Waals surface area (Å²) in [6.07, 6.45) is 1.24. The molecule has 7 nitrogen and oxygen atoms in total. The number of rotatable bonds is 8. The lowest BCUT2D eigenvalue weighted by molar-refractivity contribution is -0.116. The maximum Gasteiger partial charge on any atom is 0.224 e. The summed E-state index contributed by atoms with van der Waals surface area (Å²) in [6.45, 7) is 5.79. The summed E-state index contributed by atoms with van der Waals surface area (Å²) < 4.78 is 5.83. The molecule has 1 aliphatic heterocycles. The molecule has 0 fully saturated rings. The predicted octanol–water partition coefficient (Wildman–Crippen LogP) is 3.09. The van der Waals surface area contributed by atoms with Crippen molar-refractivity contribution < 1.29 is 14.6 Å². The van der Waals surface area contributed by atoms with Crippen LogP contribution in [0, 0.1) is 0 Å². The molecule has 1 unspecified atom stereocenters. The Balaban J connectivity index is 0.00000320. The van der Waals surface area contributed by atoms with Gasteiger partial charge in [0.05, 0.1) is 13.1 Å². The third kappa shape index (κ3) is 6.85. The van der Waals surface area contributed by atoms with Crippen LogP contribution < -0.4 is 20.7 Å². The van der Waals surface area contributed by atoms with E-state index in [1.165, 1.54) is 0 Å². The van der Waals surface area contributed by atoms with Crippen molar-refractivity contribution in [2.75, 3.05) is 31.6 Å². The molecule has 0 aliphatic carbocycles. The lowest BCUT2D eigenvalue weighted by Crippen LogP contribution is -2.40. The Morgan fingerprint density at radius 1 is 1.33 bits per heavy atom. The van der Waals surface area contributed by atoms with Gasteiger partial charge in [-0.2, -0.15) is 11.3 Å². The highest BCUT2D eigenvalue weighted by Crippen LogP contribution is 2.26. The number of fused-ring (bicyclic) bond motifs is 1. The molecule has 0 spiro atoms. The first-order valence-electron chi connectivity index (χ1n) is 9.81. The van der Waals surface area contributed by atoms with Crippen molar-refractivity contribution in [1.82, 2.24) is 10.6 Å². The molecule has 1 aromatic carbocycles. The number of aryl methyl sites for hydroxylation is 1. The van der Waals surface area contributed by atoms with Crippen LogP contribution >= 0.6 is 35.3 Å². The summed E-state index contributed by atoms with van der Waals surface area (Å²) in [6, 6.07) is 7.64. The Morgan fingerprint density at radius 3 is 2.90 bits per heavy atom. The minimum absolute atomic E-state index is 0. The predicted molar refractivity (Wildman–Crippen MR) is 132 cm³/mol. The Bertz CT molecular complexity index is 856. The molecule has 1 aliphatic rings. The number of nitrogens with zero attached hydrogens (tertiary/aromatic N) is 1. The fourth-order valence-corrected chi connectivity index (χ4v) is 3.81. The van der Waals surface area contributed by atoms with E-state index in [4.69, 9.17) is 4.74 Å². The minimum Gasteiger partial charge on any atom is -0.492 e. The molecule has 2 aromatic rings. The van der Waals surface area contributed by atoms with E-state index in [-0.39, 0.29) is 36.4 Å². The molecule has 3 rings (SSSR count). The van der Waals surface area contributed by atoms with Gasteiger partial charge >= 0.3 is 0 Å². The van der Waals surface area contributed by atoms with Gasteiger partial charge in [0.25, 0.3) is 0 Å². The SMILES string of the molecule is CCNC(=NCC(C)(O)c1ccsc1)NCCOc1ccc2c(c1)CCC(=O)N2.I. The number of carbonyl (C=O) groups excluding carboxylic acids is 1. The van der Waals surface area contributed by atoms with Crippen LogP contribution in [0.4, 0.5) is 5.69 Å². The van der Waals surface area contributed by atoms with Gasteiger partial charge in [0.1, 0.15) is 18.0 Å². The van der Waals surface area contributed by atoms with Gasteiger partial charge in [0, 0.05) is 18.7 Å². The first-order valence-corrected chi connectivity index (χ1v) is 10.7. The van der Waals surface area contributed by atoms with Gasteiger partial charge in [0.15, 0.2) is 5.96 Å². The van der Waals surface area contributed by atoms with E-state index in [1.54, 1.807) is 18.3 Å². The number of carbonyl (C=O) groups is 1. The van der Waals surface area contributed by atoms with E-state index < -0.39 is 5.60 Å². The van der Waals surface area contributed by atoms with Crippen molar-refractivity contribution in [2.45, 2.75) is 32.3 Å². The number of anilines is 1. The number of halogens is 1. The minimum atomic E-state index is -1.00. The molecule has 2 heterocycles. The number of nitrogens with one attached hydrogen (secondary N) is 3. The zero-order chi connectivity index (χ0) is 20.7. The molecule has 4 N–H and O–H groups in total. The van der Waals surface area contributed by atoms with Crippen LogP contribution in [0.2, 0.25) is 0 Å². The largest absolute Gasteiger partial charge is 0.492 e. The first-order chi connectivity index (χ1) is 14.0. The Morgan fingerprint density at radius 2 is 2.17 bits per heavy atom. The molecule has 1 atom stereocenters. The van der Waals surface area contributed by atoms with Gasteiger partial charge in [-0.1, -0.05) is 0 Å². The molecule has 30 heavy (non-hydrogen) atoms. The highest BCUT2D eigenvalue weighted by molar-refractivity contribution is 14.0. The first kappa shape index (κ1) is 24.4. The molecule has 0 saturated carbocycles. The average molecular weight is 544 g/mol. The molecule has 0 saturated heterocycles.